The Labute approximate surface area is 160 Å². The normalized spacial score (nSPS) is 6.50. The van der Waals surface area contributed by atoms with Crippen LogP contribution in [0.2, 0.25) is 0 Å². The second kappa shape index (κ2) is 43.1. The minimum absolute atomic E-state index is 0. The molecule has 0 aliphatic heterocycles. The van der Waals surface area contributed by atoms with Crippen molar-refractivity contribution in [3.63, 3.8) is 0 Å². The first-order valence-electron chi connectivity index (χ1n) is 7.05. The van der Waals surface area contributed by atoms with Crippen LogP contribution in [-0.2, 0) is 0 Å². The highest BCUT2D eigenvalue weighted by Gasteiger charge is 1.59. The van der Waals surface area contributed by atoms with E-state index >= 15 is 0 Å². The topological polar surface area (TPSA) is 110 Å². The van der Waals surface area contributed by atoms with E-state index in [1.807, 2.05) is 86.6 Å². The molecular formula is C18H36Cl2N2O2. The van der Waals surface area contributed by atoms with E-state index < -0.39 is 0 Å². The number of hydrogen-bond acceptors (Lipinski definition) is 4. The van der Waals surface area contributed by atoms with Gasteiger partial charge in [-0.05, 0) is 12.8 Å². The van der Waals surface area contributed by atoms with Gasteiger partial charge in [-0.25, -0.2) is 0 Å². The minimum atomic E-state index is 0. The van der Waals surface area contributed by atoms with Crippen LogP contribution in [0.15, 0.2) is 72.8 Å². The maximum atomic E-state index is 7.88. The molecule has 0 amide bonds. The smallest absolute Gasteiger partial charge is 0.0428 e. The van der Waals surface area contributed by atoms with Gasteiger partial charge >= 0.3 is 0 Å². The molecule has 2 rings (SSSR count). The summed E-state index contributed by atoms with van der Waals surface area (Å²) in [6.45, 7) is 4.50. The standard InChI is InChI=1S/2C6H6.2C3H8O.2ClH.2H3N/c2*1-2-4-6-5-3-1;2*1-2-3-4;;;;/h2*1-6H;2*4H,2-3H2,1H3;2*1H;2*1H3. The third-order valence-electron chi connectivity index (χ3n) is 1.78. The third kappa shape index (κ3) is 49.7. The zero-order valence-electron chi connectivity index (χ0n) is 14.9. The number of aliphatic hydroxyl groups is 2. The van der Waals surface area contributed by atoms with E-state index in [4.69, 9.17) is 10.2 Å². The molecule has 6 heteroatoms. The van der Waals surface area contributed by atoms with Crippen molar-refractivity contribution in [2.24, 2.45) is 0 Å². The summed E-state index contributed by atoms with van der Waals surface area (Å²) >= 11 is 0. The van der Waals surface area contributed by atoms with Gasteiger partial charge in [0.25, 0.3) is 0 Å². The first-order chi connectivity index (χ1) is 9.83. The molecule has 24 heavy (non-hydrogen) atoms. The number of aliphatic hydroxyl groups excluding tert-OH is 2. The second-order valence-corrected chi connectivity index (χ2v) is 3.76. The predicted molar refractivity (Wildman–Crippen MR) is 112 cm³/mol. The summed E-state index contributed by atoms with van der Waals surface area (Å²) in [7, 11) is 0. The van der Waals surface area contributed by atoms with Gasteiger partial charge < -0.3 is 22.5 Å². The predicted octanol–water partition coefficient (Wildman–Crippen LogP) is 5.32. The van der Waals surface area contributed by atoms with Crippen molar-refractivity contribution < 1.29 is 10.2 Å². The quantitative estimate of drug-likeness (QED) is 0.562. The van der Waals surface area contributed by atoms with Crippen LogP contribution in [0, 0.1) is 0 Å². The molecule has 0 unspecified atom stereocenters. The Hall–Kier alpha value is -1.14. The largest absolute Gasteiger partial charge is 0.396 e. The molecule has 0 aromatic heterocycles. The molecule has 0 fully saturated rings. The summed E-state index contributed by atoms with van der Waals surface area (Å²) in [5.41, 5.74) is 0. The van der Waals surface area contributed by atoms with Gasteiger partial charge in [-0.1, -0.05) is 86.6 Å². The van der Waals surface area contributed by atoms with Gasteiger partial charge in [0.1, 0.15) is 0 Å². The molecule has 0 saturated heterocycles. The molecular weight excluding hydrogens is 347 g/mol. The van der Waals surface area contributed by atoms with Crippen LogP contribution in [0.25, 0.3) is 0 Å². The number of hydrogen-bond donors (Lipinski definition) is 4. The Morgan fingerprint density at radius 1 is 0.458 bits per heavy atom. The van der Waals surface area contributed by atoms with Gasteiger partial charge in [0.15, 0.2) is 0 Å². The Kier molecular flexibility index (Phi) is 69.0. The molecule has 4 nitrogen and oxygen atoms in total. The Morgan fingerprint density at radius 3 is 0.583 bits per heavy atom. The van der Waals surface area contributed by atoms with Crippen LogP contribution < -0.4 is 12.3 Å². The first kappa shape index (κ1) is 38.4. The van der Waals surface area contributed by atoms with Crippen LogP contribution in [-0.4, -0.2) is 23.4 Å². The van der Waals surface area contributed by atoms with Crippen molar-refractivity contribution in [2.45, 2.75) is 26.7 Å². The van der Waals surface area contributed by atoms with Gasteiger partial charge in [0.2, 0.25) is 0 Å². The monoisotopic (exact) mass is 382 g/mol. The minimum Gasteiger partial charge on any atom is -0.396 e. The summed E-state index contributed by atoms with van der Waals surface area (Å²) in [5.74, 6) is 0. The number of rotatable bonds is 2. The van der Waals surface area contributed by atoms with Gasteiger partial charge in [-0.3, -0.25) is 0 Å². The maximum Gasteiger partial charge on any atom is 0.0428 e. The highest BCUT2D eigenvalue weighted by Crippen LogP contribution is 1.80. The van der Waals surface area contributed by atoms with Gasteiger partial charge in [-0.2, -0.15) is 0 Å². The number of benzene rings is 2. The molecule has 0 saturated carbocycles. The van der Waals surface area contributed by atoms with Crippen LogP contribution >= 0.6 is 24.8 Å². The molecule has 144 valence electrons. The maximum absolute atomic E-state index is 7.88. The summed E-state index contributed by atoms with van der Waals surface area (Å²) < 4.78 is 0. The van der Waals surface area contributed by atoms with Gasteiger partial charge in [0.05, 0.1) is 0 Å². The average molecular weight is 383 g/mol. The zero-order valence-corrected chi connectivity index (χ0v) is 16.5. The average Bonchev–Trinajstić information content (AvgIpc) is 2.59. The highest BCUT2D eigenvalue weighted by atomic mass is 35.5. The van der Waals surface area contributed by atoms with Crippen LogP contribution in [0.4, 0.5) is 0 Å². The van der Waals surface area contributed by atoms with Crippen LogP contribution in [0.1, 0.15) is 26.7 Å². The van der Waals surface area contributed by atoms with Crippen LogP contribution in [0.3, 0.4) is 0 Å². The van der Waals surface area contributed by atoms with E-state index in [2.05, 4.69) is 0 Å². The summed E-state index contributed by atoms with van der Waals surface area (Å²) in [6.07, 6.45) is 1.75. The SMILES string of the molecule is CCCO.CCCO.Cl.Cl.N.N.c1ccccc1.c1ccccc1. The molecule has 0 spiro atoms. The van der Waals surface area contributed by atoms with E-state index in [9.17, 15) is 0 Å². The highest BCUT2D eigenvalue weighted by molar-refractivity contribution is 5.85. The van der Waals surface area contributed by atoms with Gasteiger partial charge in [-0.15, -0.1) is 24.8 Å². The van der Waals surface area contributed by atoms with Crippen molar-refractivity contribution in [3.8, 4) is 0 Å². The van der Waals surface area contributed by atoms with Gasteiger partial charge in [0, 0.05) is 13.2 Å². The Bertz CT molecular complexity index is 248. The molecule has 0 aliphatic carbocycles. The third-order valence-corrected chi connectivity index (χ3v) is 1.78. The molecule has 2 aromatic carbocycles. The lowest BCUT2D eigenvalue weighted by Gasteiger charge is -1.69. The fraction of sp³-hybridized carbons (Fsp3) is 0.333. The Morgan fingerprint density at radius 2 is 0.542 bits per heavy atom. The van der Waals surface area contributed by atoms with E-state index in [1.54, 1.807) is 0 Å². The van der Waals surface area contributed by atoms with E-state index in [1.165, 1.54) is 0 Å². The fourth-order valence-electron chi connectivity index (χ4n) is 0.770. The number of halogens is 2. The van der Waals surface area contributed by atoms with E-state index in [0.717, 1.165) is 12.8 Å². The lowest BCUT2D eigenvalue weighted by molar-refractivity contribution is 0.294. The summed E-state index contributed by atoms with van der Waals surface area (Å²) in [5, 5.41) is 15.8. The van der Waals surface area contributed by atoms with Crippen molar-refractivity contribution >= 4 is 24.8 Å². The zero-order chi connectivity index (χ0) is 15.3. The summed E-state index contributed by atoms with van der Waals surface area (Å²) in [4.78, 5) is 0. The molecule has 0 aliphatic rings. The molecule has 8 N–H and O–H groups in total. The molecule has 0 heterocycles. The fourth-order valence-corrected chi connectivity index (χ4v) is 0.770. The first-order valence-corrected chi connectivity index (χ1v) is 7.05. The van der Waals surface area contributed by atoms with Crippen molar-refractivity contribution in [1.82, 2.24) is 12.3 Å². The van der Waals surface area contributed by atoms with Crippen molar-refractivity contribution in [3.05, 3.63) is 72.8 Å². The molecule has 2 aromatic rings. The van der Waals surface area contributed by atoms with Crippen molar-refractivity contribution in [2.75, 3.05) is 13.2 Å². The molecule has 0 radical (unpaired) electrons. The summed E-state index contributed by atoms with van der Waals surface area (Å²) in [6, 6.07) is 24.0. The molecule has 0 atom stereocenters. The lowest BCUT2D eigenvalue weighted by Crippen LogP contribution is -1.69. The Balaban J connectivity index is -0.0000000435. The van der Waals surface area contributed by atoms with Crippen molar-refractivity contribution in [1.29, 1.82) is 0 Å². The van der Waals surface area contributed by atoms with Crippen LogP contribution in [0.5, 0.6) is 0 Å². The van der Waals surface area contributed by atoms with E-state index in [0.29, 0.717) is 13.2 Å². The van der Waals surface area contributed by atoms with E-state index in [-0.39, 0.29) is 37.1 Å². The lowest BCUT2D eigenvalue weighted by atomic mass is 10.4. The molecule has 0 bridgehead atoms. The second-order valence-electron chi connectivity index (χ2n) is 3.76.